The van der Waals surface area contributed by atoms with E-state index < -0.39 is 0 Å². The molecule has 28 heavy (non-hydrogen) atoms. The van der Waals surface area contributed by atoms with E-state index in [0.29, 0.717) is 28.6 Å². The minimum atomic E-state index is -0.0281. The fourth-order valence-electron chi connectivity index (χ4n) is 3.05. The third-order valence-corrected chi connectivity index (χ3v) is 4.70. The molecular formula is C21H18ClN5O. The molecule has 1 amide bonds. The van der Waals surface area contributed by atoms with Crippen LogP contribution >= 0.6 is 11.6 Å². The molecule has 2 aromatic heterocycles. The van der Waals surface area contributed by atoms with Gasteiger partial charge in [0.25, 0.3) is 0 Å². The Morgan fingerprint density at radius 3 is 2.54 bits per heavy atom. The summed E-state index contributed by atoms with van der Waals surface area (Å²) in [7, 11) is 0. The molecular weight excluding hydrogens is 374 g/mol. The van der Waals surface area contributed by atoms with Gasteiger partial charge in [-0.1, -0.05) is 29.8 Å². The van der Waals surface area contributed by atoms with Gasteiger partial charge >= 0.3 is 0 Å². The lowest BCUT2D eigenvalue weighted by molar-refractivity contribution is -0.119. The van der Waals surface area contributed by atoms with Crippen molar-refractivity contribution in [1.82, 2.24) is 19.5 Å². The number of anilines is 1. The molecule has 0 spiro atoms. The van der Waals surface area contributed by atoms with Crippen LogP contribution < -0.4 is 4.90 Å². The molecule has 4 rings (SSSR count). The predicted octanol–water partition coefficient (Wildman–Crippen LogP) is 4.20. The second kappa shape index (κ2) is 7.78. The summed E-state index contributed by atoms with van der Waals surface area (Å²) in [6.45, 7) is 2.69. The number of rotatable bonds is 5. The minimum absolute atomic E-state index is 0.0281. The van der Waals surface area contributed by atoms with E-state index >= 15 is 0 Å². The largest absolute Gasteiger partial charge is 0.311 e. The number of fused-ring (bicyclic) bond motifs is 1. The van der Waals surface area contributed by atoms with Gasteiger partial charge in [-0.2, -0.15) is 0 Å². The Morgan fingerprint density at radius 2 is 1.82 bits per heavy atom. The Hall–Kier alpha value is -3.25. The molecule has 0 aliphatic heterocycles. The van der Waals surface area contributed by atoms with Gasteiger partial charge in [0.1, 0.15) is 12.1 Å². The molecule has 0 N–H and O–H groups in total. The smallest absolute Gasteiger partial charge is 0.247 e. The van der Waals surface area contributed by atoms with Gasteiger partial charge < -0.3 is 9.47 Å². The average Bonchev–Trinajstić information content (AvgIpc) is 3.12. The van der Waals surface area contributed by atoms with Crippen molar-refractivity contribution in [3.05, 3.63) is 72.1 Å². The quantitative estimate of drug-likeness (QED) is 0.511. The van der Waals surface area contributed by atoms with Crippen LogP contribution in [0.15, 0.2) is 67.1 Å². The number of likely N-dealkylation sites (N-methyl/N-ethyl adjacent to an activating group) is 1. The molecule has 0 aliphatic carbocycles. The van der Waals surface area contributed by atoms with Gasteiger partial charge in [0, 0.05) is 22.8 Å². The molecule has 0 unspecified atom stereocenters. The van der Waals surface area contributed by atoms with E-state index in [4.69, 9.17) is 11.6 Å². The summed E-state index contributed by atoms with van der Waals surface area (Å²) in [6, 6.07) is 16.9. The highest BCUT2D eigenvalue weighted by Crippen LogP contribution is 2.20. The van der Waals surface area contributed by atoms with Crippen molar-refractivity contribution in [2.75, 3.05) is 11.4 Å². The van der Waals surface area contributed by atoms with Crippen LogP contribution in [-0.4, -0.2) is 32.0 Å². The van der Waals surface area contributed by atoms with E-state index in [1.165, 1.54) is 0 Å². The Labute approximate surface area is 167 Å². The summed E-state index contributed by atoms with van der Waals surface area (Å²) in [5.41, 5.74) is 2.99. The van der Waals surface area contributed by atoms with Gasteiger partial charge in [0.2, 0.25) is 5.91 Å². The Kier molecular flexibility index (Phi) is 5.04. The normalized spacial score (nSPS) is 10.9. The van der Waals surface area contributed by atoms with Gasteiger partial charge in [-0.25, -0.2) is 15.0 Å². The van der Waals surface area contributed by atoms with E-state index in [1.807, 2.05) is 49.4 Å². The lowest BCUT2D eigenvalue weighted by Gasteiger charge is -2.21. The SMILES string of the molecule is CCN(C(=O)Cn1cnc2cnc(-c3ccc(Cl)cc3)nc21)c1ccccc1. The monoisotopic (exact) mass is 391 g/mol. The molecule has 0 saturated carbocycles. The Morgan fingerprint density at radius 1 is 1.07 bits per heavy atom. The number of amides is 1. The summed E-state index contributed by atoms with van der Waals surface area (Å²) in [6.07, 6.45) is 3.30. The van der Waals surface area contributed by atoms with Crippen LogP contribution in [-0.2, 0) is 11.3 Å². The number of imidazole rings is 1. The van der Waals surface area contributed by atoms with Crippen LogP contribution in [0.2, 0.25) is 5.02 Å². The summed E-state index contributed by atoms with van der Waals surface area (Å²) >= 11 is 5.96. The highest BCUT2D eigenvalue weighted by molar-refractivity contribution is 6.30. The summed E-state index contributed by atoms with van der Waals surface area (Å²) in [5.74, 6) is 0.536. The van der Waals surface area contributed by atoms with Crippen molar-refractivity contribution >= 4 is 34.4 Å². The van der Waals surface area contributed by atoms with Gasteiger partial charge in [0.05, 0.1) is 12.5 Å². The topological polar surface area (TPSA) is 63.9 Å². The lowest BCUT2D eigenvalue weighted by atomic mass is 10.2. The number of halogens is 1. The fraction of sp³-hybridized carbons (Fsp3) is 0.143. The first-order chi connectivity index (χ1) is 13.7. The summed E-state index contributed by atoms with van der Waals surface area (Å²) in [5, 5.41) is 0.654. The molecule has 0 radical (unpaired) electrons. The van der Waals surface area contributed by atoms with Crippen molar-refractivity contribution in [3.8, 4) is 11.4 Å². The molecule has 0 bridgehead atoms. The molecule has 2 heterocycles. The molecule has 0 saturated heterocycles. The van der Waals surface area contributed by atoms with Gasteiger partial charge in [-0.05, 0) is 43.3 Å². The van der Waals surface area contributed by atoms with Crippen molar-refractivity contribution in [3.63, 3.8) is 0 Å². The molecule has 7 heteroatoms. The highest BCUT2D eigenvalue weighted by Gasteiger charge is 2.16. The summed E-state index contributed by atoms with van der Waals surface area (Å²) in [4.78, 5) is 28.0. The first-order valence-electron chi connectivity index (χ1n) is 8.95. The van der Waals surface area contributed by atoms with Crippen LogP contribution in [0.4, 0.5) is 5.69 Å². The first-order valence-corrected chi connectivity index (χ1v) is 9.32. The minimum Gasteiger partial charge on any atom is -0.311 e. The number of hydrogen-bond donors (Lipinski definition) is 0. The van der Waals surface area contributed by atoms with Gasteiger partial charge in [-0.3, -0.25) is 4.79 Å². The zero-order chi connectivity index (χ0) is 19.5. The zero-order valence-electron chi connectivity index (χ0n) is 15.3. The number of nitrogens with zero attached hydrogens (tertiary/aromatic N) is 5. The molecule has 2 aromatic carbocycles. The maximum atomic E-state index is 12.9. The third kappa shape index (κ3) is 3.59. The van der Waals surface area contributed by atoms with Crippen LogP contribution in [0.3, 0.4) is 0 Å². The molecule has 6 nitrogen and oxygen atoms in total. The molecule has 0 fully saturated rings. The van der Waals surface area contributed by atoms with Crippen LogP contribution in [0.1, 0.15) is 6.92 Å². The molecule has 140 valence electrons. The van der Waals surface area contributed by atoms with Crippen LogP contribution in [0.25, 0.3) is 22.6 Å². The van der Waals surface area contributed by atoms with E-state index in [1.54, 1.807) is 34.1 Å². The second-order valence-electron chi connectivity index (χ2n) is 6.26. The van der Waals surface area contributed by atoms with Gasteiger partial charge in [-0.15, -0.1) is 0 Å². The highest BCUT2D eigenvalue weighted by atomic mass is 35.5. The maximum Gasteiger partial charge on any atom is 0.247 e. The number of carbonyl (C=O) groups is 1. The maximum absolute atomic E-state index is 12.9. The van der Waals surface area contributed by atoms with E-state index in [2.05, 4.69) is 15.0 Å². The summed E-state index contributed by atoms with van der Waals surface area (Å²) < 4.78 is 1.75. The Balaban J connectivity index is 1.64. The van der Waals surface area contributed by atoms with Crippen LogP contribution in [0.5, 0.6) is 0 Å². The van der Waals surface area contributed by atoms with Crippen LogP contribution in [0, 0.1) is 0 Å². The predicted molar refractivity (Wildman–Crippen MR) is 110 cm³/mol. The van der Waals surface area contributed by atoms with E-state index in [9.17, 15) is 4.79 Å². The van der Waals surface area contributed by atoms with Crippen molar-refractivity contribution in [1.29, 1.82) is 0 Å². The van der Waals surface area contributed by atoms with E-state index in [-0.39, 0.29) is 12.5 Å². The van der Waals surface area contributed by atoms with E-state index in [0.717, 1.165) is 11.3 Å². The van der Waals surface area contributed by atoms with Gasteiger partial charge in [0.15, 0.2) is 11.5 Å². The first kappa shape index (κ1) is 18.1. The van der Waals surface area contributed by atoms with Crippen molar-refractivity contribution in [2.24, 2.45) is 0 Å². The average molecular weight is 392 g/mol. The second-order valence-corrected chi connectivity index (χ2v) is 6.69. The van der Waals surface area contributed by atoms with Crippen molar-refractivity contribution in [2.45, 2.75) is 13.5 Å². The number of aromatic nitrogens is 4. The fourth-order valence-corrected chi connectivity index (χ4v) is 3.18. The third-order valence-electron chi connectivity index (χ3n) is 4.45. The van der Waals surface area contributed by atoms with Crippen molar-refractivity contribution < 1.29 is 4.79 Å². The molecule has 4 aromatic rings. The number of hydrogen-bond acceptors (Lipinski definition) is 4. The lowest BCUT2D eigenvalue weighted by Crippen LogP contribution is -2.33. The number of benzene rings is 2. The number of carbonyl (C=O) groups excluding carboxylic acids is 1. The number of para-hydroxylation sites is 1. The molecule has 0 aliphatic rings. The standard InChI is InChI=1S/C21H18ClN5O/c1-2-27(17-6-4-3-5-7-17)19(28)13-26-14-24-18-12-23-20(25-21(18)26)15-8-10-16(22)11-9-15/h3-12,14H,2,13H2,1H3. The molecule has 0 atom stereocenters. The Bertz CT molecular complexity index is 1110. The zero-order valence-corrected chi connectivity index (χ0v) is 16.0.